The topological polar surface area (TPSA) is 121 Å². The second-order valence-corrected chi connectivity index (χ2v) is 7.95. The van der Waals surface area contributed by atoms with E-state index in [2.05, 4.69) is 26.0 Å². The maximum atomic E-state index is 12.8. The smallest absolute Gasteiger partial charge is 0.323 e. The Bertz CT molecular complexity index is 778. The van der Waals surface area contributed by atoms with E-state index in [1.165, 1.54) is 4.68 Å². The summed E-state index contributed by atoms with van der Waals surface area (Å²) in [4.78, 5) is 43.0. The van der Waals surface area contributed by atoms with Crippen molar-refractivity contribution in [3.63, 3.8) is 0 Å². The molecule has 4 rings (SSSR count). The standard InChI is InChI=1S/C18H27N7O3/c1-24-16(21-14(23-24)12-5-9-19-10-6-12)20-13(26)11-25-15(27)18(22-17(25)28)7-3-2-4-8-18/h12,19H,2-11H2,1H3,(H,22,28)(H,20,21,23,26). The SMILES string of the molecule is Cn1nc(C2CCNCC2)nc1NC(=O)CN1C(=O)NC2(CCCCC2)C1=O. The van der Waals surface area contributed by atoms with E-state index < -0.39 is 17.5 Å². The number of carbonyl (C=O) groups is 3. The Morgan fingerprint density at radius 3 is 2.64 bits per heavy atom. The molecule has 4 amide bonds. The Morgan fingerprint density at radius 1 is 1.21 bits per heavy atom. The van der Waals surface area contributed by atoms with Crippen LogP contribution in [-0.2, 0) is 16.6 Å². The molecule has 3 N–H and O–H groups in total. The summed E-state index contributed by atoms with van der Waals surface area (Å²) in [6.07, 6.45) is 6.08. The van der Waals surface area contributed by atoms with Gasteiger partial charge in [-0.05, 0) is 38.8 Å². The number of hydrogen-bond donors (Lipinski definition) is 3. The number of anilines is 1. The maximum Gasteiger partial charge on any atom is 0.325 e. The van der Waals surface area contributed by atoms with Crippen LogP contribution in [0.2, 0.25) is 0 Å². The first-order chi connectivity index (χ1) is 13.5. The monoisotopic (exact) mass is 389 g/mol. The van der Waals surface area contributed by atoms with Crippen molar-refractivity contribution >= 4 is 23.8 Å². The van der Waals surface area contributed by atoms with Gasteiger partial charge in [-0.3, -0.25) is 19.8 Å². The van der Waals surface area contributed by atoms with Crippen molar-refractivity contribution in [2.45, 2.75) is 56.4 Å². The van der Waals surface area contributed by atoms with Crippen molar-refractivity contribution in [3.8, 4) is 0 Å². The fourth-order valence-electron chi connectivity index (χ4n) is 4.39. The number of aryl methyl sites for hydroxylation is 1. The Morgan fingerprint density at radius 2 is 1.93 bits per heavy atom. The average Bonchev–Trinajstić information content (AvgIpc) is 3.16. The molecule has 1 aromatic heterocycles. The van der Waals surface area contributed by atoms with Gasteiger partial charge in [0, 0.05) is 13.0 Å². The van der Waals surface area contributed by atoms with Crippen LogP contribution < -0.4 is 16.0 Å². The Hall–Kier alpha value is -2.49. The minimum absolute atomic E-state index is 0.273. The highest BCUT2D eigenvalue weighted by atomic mass is 16.2. The normalized spacial score (nSPS) is 22.5. The predicted molar refractivity (Wildman–Crippen MR) is 101 cm³/mol. The second kappa shape index (κ2) is 7.50. The number of imide groups is 1. The Kier molecular flexibility index (Phi) is 5.05. The fraction of sp³-hybridized carbons (Fsp3) is 0.722. The zero-order valence-corrected chi connectivity index (χ0v) is 16.2. The molecule has 1 aromatic rings. The molecular formula is C18H27N7O3. The summed E-state index contributed by atoms with van der Waals surface area (Å²) >= 11 is 0. The quantitative estimate of drug-likeness (QED) is 0.644. The van der Waals surface area contributed by atoms with Gasteiger partial charge in [0.25, 0.3) is 5.91 Å². The number of amides is 4. The number of urea groups is 1. The molecule has 28 heavy (non-hydrogen) atoms. The third-order valence-corrected chi connectivity index (χ3v) is 5.99. The zero-order chi connectivity index (χ0) is 19.7. The van der Waals surface area contributed by atoms with Crippen LogP contribution in [0.3, 0.4) is 0 Å². The summed E-state index contributed by atoms with van der Waals surface area (Å²) in [6, 6.07) is -0.490. The van der Waals surface area contributed by atoms with Crippen molar-refractivity contribution in [1.29, 1.82) is 0 Å². The van der Waals surface area contributed by atoms with Gasteiger partial charge in [-0.1, -0.05) is 19.3 Å². The predicted octanol–water partition coefficient (Wildman–Crippen LogP) is 0.475. The first-order valence-corrected chi connectivity index (χ1v) is 10.0. The Balaban J connectivity index is 1.40. The van der Waals surface area contributed by atoms with Crippen LogP contribution in [0.25, 0.3) is 0 Å². The lowest BCUT2D eigenvalue weighted by atomic mass is 9.82. The van der Waals surface area contributed by atoms with Crippen molar-refractivity contribution in [3.05, 3.63) is 5.82 Å². The average molecular weight is 389 g/mol. The van der Waals surface area contributed by atoms with Gasteiger partial charge >= 0.3 is 6.03 Å². The van der Waals surface area contributed by atoms with Crippen LogP contribution in [0.1, 0.15) is 56.7 Å². The van der Waals surface area contributed by atoms with Crippen LogP contribution in [0.15, 0.2) is 0 Å². The van der Waals surface area contributed by atoms with E-state index >= 15 is 0 Å². The second-order valence-electron chi connectivity index (χ2n) is 7.95. The molecule has 0 unspecified atom stereocenters. The molecule has 0 bridgehead atoms. The molecule has 3 heterocycles. The number of nitrogens with zero attached hydrogens (tertiary/aromatic N) is 4. The third-order valence-electron chi connectivity index (χ3n) is 5.99. The molecule has 2 aliphatic heterocycles. The number of nitrogens with one attached hydrogen (secondary N) is 3. The summed E-state index contributed by atoms with van der Waals surface area (Å²) in [5.74, 6) is 0.577. The summed E-state index contributed by atoms with van der Waals surface area (Å²) in [5.41, 5.74) is -0.817. The molecule has 1 spiro atoms. The summed E-state index contributed by atoms with van der Waals surface area (Å²) in [7, 11) is 1.72. The molecule has 0 radical (unpaired) electrons. The molecule has 1 saturated carbocycles. The van der Waals surface area contributed by atoms with Crippen LogP contribution >= 0.6 is 0 Å². The van der Waals surface area contributed by atoms with Crippen molar-refractivity contribution in [2.24, 2.45) is 7.05 Å². The minimum Gasteiger partial charge on any atom is -0.323 e. The maximum absolute atomic E-state index is 12.8. The number of hydrogen-bond acceptors (Lipinski definition) is 6. The molecule has 3 aliphatic rings. The largest absolute Gasteiger partial charge is 0.325 e. The lowest BCUT2D eigenvalue weighted by Crippen LogP contribution is -2.48. The summed E-state index contributed by atoms with van der Waals surface area (Å²) < 4.78 is 1.53. The molecule has 10 nitrogen and oxygen atoms in total. The minimum atomic E-state index is -0.817. The van der Waals surface area contributed by atoms with Gasteiger partial charge in [0.2, 0.25) is 11.9 Å². The van der Waals surface area contributed by atoms with E-state index in [1.54, 1.807) is 7.05 Å². The molecular weight excluding hydrogens is 362 g/mol. The first kappa shape index (κ1) is 18.9. The van der Waals surface area contributed by atoms with E-state index in [4.69, 9.17) is 0 Å². The summed E-state index contributed by atoms with van der Waals surface area (Å²) in [5, 5.41) is 13.2. The van der Waals surface area contributed by atoms with Gasteiger partial charge in [-0.25, -0.2) is 9.48 Å². The highest BCUT2D eigenvalue weighted by Gasteiger charge is 2.51. The van der Waals surface area contributed by atoms with Crippen molar-refractivity contribution in [1.82, 2.24) is 30.3 Å². The van der Waals surface area contributed by atoms with Crippen LogP contribution in [0.4, 0.5) is 10.7 Å². The van der Waals surface area contributed by atoms with E-state index in [0.717, 1.165) is 55.9 Å². The lowest BCUT2D eigenvalue weighted by molar-refractivity contribution is -0.134. The van der Waals surface area contributed by atoms with Gasteiger partial charge in [0.05, 0.1) is 0 Å². The third kappa shape index (κ3) is 3.48. The fourth-order valence-corrected chi connectivity index (χ4v) is 4.39. The lowest BCUT2D eigenvalue weighted by Gasteiger charge is -2.30. The molecule has 2 saturated heterocycles. The Labute approximate surface area is 163 Å². The molecule has 3 fully saturated rings. The number of aromatic nitrogens is 3. The molecule has 1 aliphatic carbocycles. The van der Waals surface area contributed by atoms with E-state index in [-0.39, 0.29) is 18.4 Å². The molecule has 10 heteroatoms. The number of rotatable bonds is 4. The van der Waals surface area contributed by atoms with Crippen LogP contribution in [-0.4, -0.2) is 62.7 Å². The van der Waals surface area contributed by atoms with Gasteiger partial charge in [0.1, 0.15) is 12.1 Å². The van der Waals surface area contributed by atoms with Crippen LogP contribution in [0.5, 0.6) is 0 Å². The molecule has 152 valence electrons. The zero-order valence-electron chi connectivity index (χ0n) is 16.2. The van der Waals surface area contributed by atoms with Crippen molar-refractivity contribution in [2.75, 3.05) is 25.0 Å². The van der Waals surface area contributed by atoms with Gasteiger partial charge in [0.15, 0.2) is 5.82 Å². The van der Waals surface area contributed by atoms with E-state index in [9.17, 15) is 14.4 Å². The number of carbonyl (C=O) groups excluding carboxylic acids is 3. The van der Waals surface area contributed by atoms with Gasteiger partial charge in [-0.15, -0.1) is 0 Å². The molecule has 0 atom stereocenters. The van der Waals surface area contributed by atoms with Gasteiger partial charge in [-0.2, -0.15) is 10.1 Å². The van der Waals surface area contributed by atoms with E-state index in [1.807, 2.05) is 0 Å². The van der Waals surface area contributed by atoms with Crippen molar-refractivity contribution < 1.29 is 14.4 Å². The highest BCUT2D eigenvalue weighted by Crippen LogP contribution is 2.33. The first-order valence-electron chi connectivity index (χ1n) is 10.0. The highest BCUT2D eigenvalue weighted by molar-refractivity contribution is 6.10. The summed E-state index contributed by atoms with van der Waals surface area (Å²) in [6.45, 7) is 1.54. The van der Waals surface area contributed by atoms with E-state index in [0.29, 0.717) is 18.8 Å². The number of piperidine rings is 1. The van der Waals surface area contributed by atoms with Gasteiger partial charge < -0.3 is 10.6 Å². The molecule has 0 aromatic carbocycles. The van der Waals surface area contributed by atoms with Crippen LogP contribution in [0, 0.1) is 0 Å².